The average Bonchev–Trinajstić information content (AvgIpc) is 1.85. The molecule has 0 amide bonds. The Morgan fingerprint density at radius 3 is 1.90 bits per heavy atom. The largest absolute Gasteiger partial charge is 0.368 e. The van der Waals surface area contributed by atoms with Crippen LogP contribution in [-0.4, -0.2) is 16.5 Å². The Bertz CT molecular complexity index is 81.3. The minimum Gasteiger partial charge on any atom is -0.368 e. The smallest absolute Gasteiger partial charge is 0.151 e. The number of hydrogen-bond acceptors (Lipinski definition) is 2. The lowest BCUT2D eigenvalue weighted by molar-refractivity contribution is -0.0588. The zero-order chi connectivity index (χ0) is 8.15. The summed E-state index contributed by atoms with van der Waals surface area (Å²) in [6, 6.07) is 0. The van der Waals surface area contributed by atoms with E-state index < -0.39 is 6.29 Å². The summed E-state index contributed by atoms with van der Waals surface area (Å²) < 4.78 is 0. The van der Waals surface area contributed by atoms with E-state index in [2.05, 4.69) is 13.8 Å². The third kappa shape index (κ3) is 3.85. The maximum atomic E-state index is 8.62. The van der Waals surface area contributed by atoms with Crippen molar-refractivity contribution in [2.75, 3.05) is 0 Å². The Labute approximate surface area is 62.9 Å². The zero-order valence-electron chi connectivity index (χ0n) is 7.04. The molecule has 2 heteroatoms. The summed E-state index contributed by atoms with van der Waals surface area (Å²) in [5.74, 6) is 0.992. The molecular formula is C8H18O2. The van der Waals surface area contributed by atoms with E-state index in [0.717, 1.165) is 6.42 Å². The quantitative estimate of drug-likeness (QED) is 0.588. The van der Waals surface area contributed by atoms with Gasteiger partial charge in [-0.3, -0.25) is 0 Å². The fourth-order valence-electron chi connectivity index (χ4n) is 0.967. The molecule has 10 heavy (non-hydrogen) atoms. The summed E-state index contributed by atoms with van der Waals surface area (Å²) >= 11 is 0. The lowest BCUT2D eigenvalue weighted by Gasteiger charge is -2.18. The Kier molecular flexibility index (Phi) is 4.65. The van der Waals surface area contributed by atoms with Gasteiger partial charge < -0.3 is 10.2 Å². The van der Waals surface area contributed by atoms with E-state index in [1.807, 2.05) is 6.92 Å². The highest BCUT2D eigenvalue weighted by Crippen LogP contribution is 2.18. The molecule has 0 aromatic heterocycles. The molecular weight excluding hydrogens is 128 g/mol. The van der Waals surface area contributed by atoms with Crippen molar-refractivity contribution in [3.63, 3.8) is 0 Å². The highest BCUT2D eigenvalue weighted by Gasteiger charge is 2.12. The van der Waals surface area contributed by atoms with Crippen molar-refractivity contribution in [1.82, 2.24) is 0 Å². The fraction of sp³-hybridized carbons (Fsp3) is 1.00. The van der Waals surface area contributed by atoms with Crippen LogP contribution in [0.1, 0.15) is 33.6 Å². The van der Waals surface area contributed by atoms with Crippen LogP contribution in [0, 0.1) is 11.8 Å². The van der Waals surface area contributed by atoms with Crippen LogP contribution in [0.25, 0.3) is 0 Å². The zero-order valence-corrected chi connectivity index (χ0v) is 7.04. The van der Waals surface area contributed by atoms with Gasteiger partial charge in [-0.15, -0.1) is 0 Å². The molecule has 0 aliphatic heterocycles. The van der Waals surface area contributed by atoms with E-state index >= 15 is 0 Å². The standard InChI is InChI=1S/C8H18O2/c1-4-6(2)7(3)5-8(9)10/h6-10H,4-5H2,1-3H3. The van der Waals surface area contributed by atoms with Gasteiger partial charge in [0, 0.05) is 6.42 Å². The van der Waals surface area contributed by atoms with Gasteiger partial charge >= 0.3 is 0 Å². The Balaban J connectivity index is 3.50. The minimum absolute atomic E-state index is 0.407. The third-order valence-electron chi connectivity index (χ3n) is 2.20. The van der Waals surface area contributed by atoms with E-state index in [9.17, 15) is 0 Å². The molecule has 0 aromatic rings. The van der Waals surface area contributed by atoms with Crippen LogP contribution in [0.15, 0.2) is 0 Å². The number of aliphatic hydroxyl groups excluding tert-OH is 1. The number of hydrogen-bond donors (Lipinski definition) is 2. The van der Waals surface area contributed by atoms with Crippen molar-refractivity contribution in [3.8, 4) is 0 Å². The topological polar surface area (TPSA) is 40.5 Å². The summed E-state index contributed by atoms with van der Waals surface area (Å²) in [6.07, 6.45) is 0.465. The summed E-state index contributed by atoms with van der Waals surface area (Å²) in [7, 11) is 0. The highest BCUT2D eigenvalue weighted by molar-refractivity contribution is 4.60. The molecule has 0 rings (SSSR count). The van der Waals surface area contributed by atoms with Crippen molar-refractivity contribution < 1.29 is 10.2 Å². The van der Waals surface area contributed by atoms with Gasteiger partial charge in [-0.2, -0.15) is 0 Å². The van der Waals surface area contributed by atoms with Gasteiger partial charge in [0.2, 0.25) is 0 Å². The molecule has 0 fully saturated rings. The van der Waals surface area contributed by atoms with Crippen molar-refractivity contribution >= 4 is 0 Å². The molecule has 2 atom stereocenters. The average molecular weight is 146 g/mol. The molecule has 2 unspecified atom stereocenters. The predicted molar refractivity (Wildman–Crippen MR) is 41.5 cm³/mol. The molecule has 0 radical (unpaired) electrons. The summed E-state index contributed by atoms with van der Waals surface area (Å²) in [4.78, 5) is 0. The lowest BCUT2D eigenvalue weighted by Crippen LogP contribution is -2.15. The lowest BCUT2D eigenvalue weighted by atomic mass is 9.91. The van der Waals surface area contributed by atoms with Crippen LogP contribution in [0.2, 0.25) is 0 Å². The normalized spacial score (nSPS) is 17.4. The first-order valence-corrected chi connectivity index (χ1v) is 3.94. The first-order valence-electron chi connectivity index (χ1n) is 3.94. The number of rotatable bonds is 4. The summed E-state index contributed by atoms with van der Waals surface area (Å²) in [5.41, 5.74) is 0. The first-order chi connectivity index (χ1) is 4.57. The van der Waals surface area contributed by atoms with Crippen molar-refractivity contribution in [2.45, 2.75) is 39.9 Å². The van der Waals surface area contributed by atoms with Gasteiger partial charge in [0.05, 0.1) is 0 Å². The molecule has 0 aliphatic rings. The minimum atomic E-state index is -1.14. The second-order valence-electron chi connectivity index (χ2n) is 3.08. The molecule has 0 spiro atoms. The van der Waals surface area contributed by atoms with Crippen molar-refractivity contribution in [3.05, 3.63) is 0 Å². The van der Waals surface area contributed by atoms with Crippen molar-refractivity contribution in [2.24, 2.45) is 11.8 Å². The van der Waals surface area contributed by atoms with Gasteiger partial charge in [0.25, 0.3) is 0 Å². The van der Waals surface area contributed by atoms with Crippen LogP contribution in [0.5, 0.6) is 0 Å². The SMILES string of the molecule is CCC(C)C(C)CC(O)O. The van der Waals surface area contributed by atoms with E-state index in [-0.39, 0.29) is 0 Å². The predicted octanol–water partition coefficient (Wildman–Crippen LogP) is 1.37. The molecule has 2 N–H and O–H groups in total. The maximum Gasteiger partial charge on any atom is 0.151 e. The summed E-state index contributed by atoms with van der Waals surface area (Å²) in [6.45, 7) is 6.30. The van der Waals surface area contributed by atoms with Crippen molar-refractivity contribution in [1.29, 1.82) is 0 Å². The van der Waals surface area contributed by atoms with Crippen LogP contribution in [-0.2, 0) is 0 Å². The second kappa shape index (κ2) is 4.69. The van der Waals surface area contributed by atoms with Crippen LogP contribution >= 0.6 is 0 Å². The molecule has 0 aliphatic carbocycles. The molecule has 0 bridgehead atoms. The Morgan fingerprint density at radius 2 is 1.60 bits per heavy atom. The summed E-state index contributed by atoms with van der Waals surface area (Å²) in [5, 5.41) is 17.2. The molecule has 0 saturated carbocycles. The van der Waals surface area contributed by atoms with E-state index in [1.165, 1.54) is 0 Å². The molecule has 2 nitrogen and oxygen atoms in total. The van der Waals surface area contributed by atoms with Gasteiger partial charge in [-0.25, -0.2) is 0 Å². The van der Waals surface area contributed by atoms with Gasteiger partial charge in [0.1, 0.15) is 0 Å². The first kappa shape index (κ1) is 9.92. The van der Waals surface area contributed by atoms with Gasteiger partial charge in [-0.05, 0) is 11.8 Å². The Hall–Kier alpha value is -0.0800. The van der Waals surface area contributed by atoms with Crippen LogP contribution in [0.3, 0.4) is 0 Å². The fourth-order valence-corrected chi connectivity index (χ4v) is 0.967. The van der Waals surface area contributed by atoms with Gasteiger partial charge in [0.15, 0.2) is 6.29 Å². The second-order valence-corrected chi connectivity index (χ2v) is 3.08. The monoisotopic (exact) mass is 146 g/mol. The Morgan fingerprint density at radius 1 is 1.10 bits per heavy atom. The van der Waals surface area contributed by atoms with Gasteiger partial charge in [-0.1, -0.05) is 27.2 Å². The van der Waals surface area contributed by atoms with E-state index in [4.69, 9.17) is 10.2 Å². The molecule has 0 saturated heterocycles. The van der Waals surface area contributed by atoms with Crippen LogP contribution < -0.4 is 0 Å². The highest BCUT2D eigenvalue weighted by atomic mass is 16.5. The van der Waals surface area contributed by atoms with E-state index in [0.29, 0.717) is 18.3 Å². The third-order valence-corrected chi connectivity index (χ3v) is 2.20. The maximum absolute atomic E-state index is 8.62. The van der Waals surface area contributed by atoms with Crippen LogP contribution in [0.4, 0.5) is 0 Å². The molecule has 0 aromatic carbocycles. The van der Waals surface area contributed by atoms with E-state index in [1.54, 1.807) is 0 Å². The molecule has 0 heterocycles. The molecule has 62 valence electrons. The number of aliphatic hydroxyl groups is 2.